The molecular weight excluding hydrogens is 783 g/mol. The van der Waals surface area contributed by atoms with Crippen molar-refractivity contribution in [2.24, 2.45) is 0 Å². The van der Waals surface area contributed by atoms with Crippen LogP contribution in [-0.4, -0.2) is 0 Å². The molecule has 0 unspecified atom stereocenters. The van der Waals surface area contributed by atoms with Crippen LogP contribution >= 0.6 is 11.3 Å². The maximum absolute atomic E-state index is 6.81. The second-order valence-electron chi connectivity index (χ2n) is 16.1. The first kappa shape index (κ1) is 36.8. The van der Waals surface area contributed by atoms with Gasteiger partial charge < -0.3 is 9.32 Å². The van der Waals surface area contributed by atoms with Crippen molar-refractivity contribution in [2.45, 2.75) is 0 Å². The second-order valence-corrected chi connectivity index (χ2v) is 17.1. The molecule has 2 heterocycles. The summed E-state index contributed by atoms with van der Waals surface area (Å²) in [5.41, 5.74) is 16.7. The van der Waals surface area contributed by atoms with Gasteiger partial charge in [0.15, 0.2) is 0 Å². The lowest BCUT2D eigenvalue weighted by molar-refractivity contribution is 0.669. The molecule has 0 aliphatic rings. The van der Waals surface area contributed by atoms with Crippen molar-refractivity contribution >= 4 is 70.5 Å². The number of rotatable bonds is 8. The largest absolute Gasteiger partial charge is 0.456 e. The van der Waals surface area contributed by atoms with Gasteiger partial charge in [0, 0.05) is 48.4 Å². The van der Waals surface area contributed by atoms with Gasteiger partial charge in [-0.1, -0.05) is 176 Å². The number of anilines is 3. The number of nitrogens with zero attached hydrogens (tertiary/aromatic N) is 1. The minimum absolute atomic E-state index is 0.847. The summed E-state index contributed by atoms with van der Waals surface area (Å²) in [6, 6.07) is 85.4. The summed E-state index contributed by atoms with van der Waals surface area (Å²) >= 11 is 1.87. The predicted octanol–water partition coefficient (Wildman–Crippen LogP) is 17.8. The van der Waals surface area contributed by atoms with Gasteiger partial charge in [-0.15, -0.1) is 11.3 Å². The molecule has 0 saturated carbocycles. The third-order valence-electron chi connectivity index (χ3n) is 12.2. The van der Waals surface area contributed by atoms with Crippen LogP contribution in [0.25, 0.3) is 97.7 Å². The minimum Gasteiger partial charge on any atom is -0.456 e. The summed E-state index contributed by atoms with van der Waals surface area (Å²) in [7, 11) is 0. The van der Waals surface area contributed by atoms with Gasteiger partial charge in [0.25, 0.3) is 0 Å². The van der Waals surface area contributed by atoms with Crippen molar-refractivity contribution in [3.05, 3.63) is 237 Å². The van der Waals surface area contributed by atoms with E-state index in [1.807, 2.05) is 11.3 Å². The summed E-state index contributed by atoms with van der Waals surface area (Å²) in [5, 5.41) is 4.65. The molecule has 0 fully saturated rings. The van der Waals surface area contributed by atoms with Crippen LogP contribution in [-0.2, 0) is 0 Å². The van der Waals surface area contributed by atoms with E-state index >= 15 is 0 Å². The van der Waals surface area contributed by atoms with E-state index in [-0.39, 0.29) is 0 Å². The Morgan fingerprint density at radius 3 is 1.37 bits per heavy atom. The fourth-order valence-corrected chi connectivity index (χ4v) is 10.5. The van der Waals surface area contributed by atoms with E-state index in [9.17, 15) is 0 Å². The van der Waals surface area contributed by atoms with Crippen LogP contribution in [0.4, 0.5) is 17.1 Å². The van der Waals surface area contributed by atoms with Crippen molar-refractivity contribution in [3.63, 3.8) is 0 Å². The Morgan fingerprint density at radius 2 is 0.794 bits per heavy atom. The average molecular weight is 822 g/mol. The highest BCUT2D eigenvalue weighted by molar-refractivity contribution is 7.26. The molecule has 0 aliphatic carbocycles. The first-order chi connectivity index (χ1) is 31.2. The molecule has 12 rings (SSSR count). The van der Waals surface area contributed by atoms with Crippen LogP contribution in [0.5, 0.6) is 0 Å². The van der Waals surface area contributed by atoms with Crippen molar-refractivity contribution in [2.75, 3.05) is 4.90 Å². The third-order valence-corrected chi connectivity index (χ3v) is 13.4. The van der Waals surface area contributed by atoms with Gasteiger partial charge in [0.2, 0.25) is 0 Å². The predicted molar refractivity (Wildman–Crippen MR) is 268 cm³/mol. The Balaban J connectivity index is 1.14. The monoisotopic (exact) mass is 821 g/mol. The summed E-state index contributed by atoms with van der Waals surface area (Å²) in [5.74, 6) is 0. The normalized spacial score (nSPS) is 11.5. The number of furan rings is 1. The van der Waals surface area contributed by atoms with E-state index in [1.165, 1.54) is 48.0 Å². The fraction of sp³-hybridized carbons (Fsp3) is 0. The Labute approximate surface area is 370 Å². The quantitative estimate of drug-likeness (QED) is 0.152. The smallest absolute Gasteiger partial charge is 0.137 e. The molecule has 2 nitrogen and oxygen atoms in total. The molecule has 296 valence electrons. The van der Waals surface area contributed by atoms with Gasteiger partial charge in [-0.05, 0) is 110 Å². The molecule has 0 saturated heterocycles. The van der Waals surface area contributed by atoms with E-state index in [0.717, 1.165) is 66.8 Å². The van der Waals surface area contributed by atoms with E-state index < -0.39 is 0 Å². The van der Waals surface area contributed by atoms with E-state index in [1.54, 1.807) is 0 Å². The standard InChI is InChI=1S/C60H39NOS/c1-6-16-40(17-7-1)45-26-29-52-53-31-28-49(39-57(53)62-56(52)37-45)61(50-35-47(42-20-10-3-11-21-42)34-48(36-50)43-22-12-4-13-23-43)55-33-32-51(44-24-14-5-15-25-44)60-59(55)54-30-27-46(38-58(54)63-60)41-18-8-2-9-19-41/h1-39H. The Hall–Kier alpha value is -7.98. The number of thiophene rings is 1. The first-order valence-corrected chi connectivity index (χ1v) is 22.2. The number of hydrogen-bond donors (Lipinski definition) is 0. The van der Waals surface area contributed by atoms with Crippen LogP contribution in [0.2, 0.25) is 0 Å². The van der Waals surface area contributed by atoms with Crippen LogP contribution in [0.15, 0.2) is 241 Å². The van der Waals surface area contributed by atoms with Crippen LogP contribution in [0.3, 0.4) is 0 Å². The van der Waals surface area contributed by atoms with Crippen molar-refractivity contribution in [1.29, 1.82) is 0 Å². The zero-order chi connectivity index (χ0) is 41.7. The van der Waals surface area contributed by atoms with Gasteiger partial charge in [-0.3, -0.25) is 0 Å². The number of benzene rings is 10. The van der Waals surface area contributed by atoms with Gasteiger partial charge in [-0.2, -0.15) is 0 Å². The molecule has 0 N–H and O–H groups in total. The van der Waals surface area contributed by atoms with Crippen molar-refractivity contribution < 1.29 is 4.42 Å². The molecule has 63 heavy (non-hydrogen) atoms. The highest BCUT2D eigenvalue weighted by Gasteiger charge is 2.24. The molecule has 2 aromatic heterocycles. The molecular formula is C60H39NOS. The topological polar surface area (TPSA) is 16.4 Å². The van der Waals surface area contributed by atoms with Gasteiger partial charge >= 0.3 is 0 Å². The fourth-order valence-electron chi connectivity index (χ4n) is 9.18. The van der Waals surface area contributed by atoms with E-state index in [2.05, 4.69) is 241 Å². The lowest BCUT2D eigenvalue weighted by Crippen LogP contribution is -2.11. The number of fused-ring (bicyclic) bond motifs is 6. The minimum atomic E-state index is 0.847. The molecule has 3 heteroatoms. The van der Waals surface area contributed by atoms with E-state index in [0.29, 0.717) is 0 Å². The first-order valence-electron chi connectivity index (χ1n) is 21.4. The summed E-state index contributed by atoms with van der Waals surface area (Å²) in [4.78, 5) is 2.45. The lowest BCUT2D eigenvalue weighted by atomic mass is 9.96. The summed E-state index contributed by atoms with van der Waals surface area (Å²) in [6.45, 7) is 0. The van der Waals surface area contributed by atoms with Gasteiger partial charge in [0.05, 0.1) is 5.69 Å². The highest BCUT2D eigenvalue weighted by Crippen LogP contribution is 2.50. The average Bonchev–Trinajstić information content (AvgIpc) is 3.93. The van der Waals surface area contributed by atoms with Crippen molar-refractivity contribution in [1.82, 2.24) is 0 Å². The van der Waals surface area contributed by atoms with Crippen LogP contribution in [0, 0.1) is 0 Å². The second kappa shape index (κ2) is 15.5. The highest BCUT2D eigenvalue weighted by atomic mass is 32.1. The molecule has 0 spiro atoms. The maximum Gasteiger partial charge on any atom is 0.137 e. The third kappa shape index (κ3) is 6.67. The Bertz CT molecular complexity index is 3540. The van der Waals surface area contributed by atoms with Crippen LogP contribution < -0.4 is 4.90 Å². The molecule has 12 aromatic rings. The molecule has 0 aliphatic heterocycles. The van der Waals surface area contributed by atoms with Crippen molar-refractivity contribution in [3.8, 4) is 55.6 Å². The molecule has 0 atom stereocenters. The lowest BCUT2D eigenvalue weighted by Gasteiger charge is -2.28. The summed E-state index contributed by atoms with van der Waals surface area (Å²) in [6.07, 6.45) is 0. The SMILES string of the molecule is c1ccc(-c2cc(-c3ccccc3)cc(N(c3ccc4c(c3)oc3cc(-c5ccccc5)ccc34)c3ccc(-c4ccccc4)c4sc5cc(-c6ccccc6)ccc5c34)c2)cc1. The maximum atomic E-state index is 6.81. The molecule has 0 radical (unpaired) electrons. The Morgan fingerprint density at radius 1 is 0.317 bits per heavy atom. The summed E-state index contributed by atoms with van der Waals surface area (Å²) < 4.78 is 9.32. The van der Waals surface area contributed by atoms with E-state index in [4.69, 9.17) is 4.42 Å². The van der Waals surface area contributed by atoms with Crippen LogP contribution in [0.1, 0.15) is 0 Å². The molecule has 0 amide bonds. The zero-order valence-electron chi connectivity index (χ0n) is 34.3. The zero-order valence-corrected chi connectivity index (χ0v) is 35.1. The van der Waals surface area contributed by atoms with Gasteiger partial charge in [-0.25, -0.2) is 0 Å². The van der Waals surface area contributed by atoms with Gasteiger partial charge in [0.1, 0.15) is 11.2 Å². The molecule has 0 bridgehead atoms. The molecule has 10 aromatic carbocycles. The Kier molecular flexibility index (Phi) is 9.06. The number of hydrogen-bond acceptors (Lipinski definition) is 3.